The van der Waals surface area contributed by atoms with Gasteiger partial charge in [-0.3, -0.25) is 4.68 Å². The summed E-state index contributed by atoms with van der Waals surface area (Å²) in [4.78, 5) is 0. The first-order chi connectivity index (χ1) is 9.97. The number of hydrogen-bond donors (Lipinski definition) is 1. The molecule has 21 heavy (non-hydrogen) atoms. The fraction of sp³-hybridized carbons (Fsp3) is 0.400. The summed E-state index contributed by atoms with van der Waals surface area (Å²) in [6.07, 6.45) is -0.224. The molecule has 1 atom stereocenters. The Balaban J connectivity index is 2.25. The van der Waals surface area contributed by atoms with E-state index in [0.717, 1.165) is 33.7 Å². The third kappa shape index (κ3) is 3.42. The molecular formula is C15H18BrClN2O2. The lowest BCUT2D eigenvalue weighted by Gasteiger charge is -2.14. The van der Waals surface area contributed by atoms with Gasteiger partial charge >= 0.3 is 0 Å². The summed E-state index contributed by atoms with van der Waals surface area (Å²) >= 11 is 9.71. The van der Waals surface area contributed by atoms with Crippen LogP contribution in [0.1, 0.15) is 30.0 Å². The Labute approximate surface area is 137 Å². The minimum Gasteiger partial charge on any atom is -0.496 e. The highest BCUT2D eigenvalue weighted by Crippen LogP contribution is 2.31. The molecule has 1 N–H and O–H groups in total. The van der Waals surface area contributed by atoms with E-state index in [9.17, 15) is 5.11 Å². The molecule has 1 heterocycles. The highest BCUT2D eigenvalue weighted by atomic mass is 79.9. The maximum atomic E-state index is 10.5. The van der Waals surface area contributed by atoms with Crippen LogP contribution in [0.5, 0.6) is 5.75 Å². The molecule has 6 heteroatoms. The zero-order valence-electron chi connectivity index (χ0n) is 12.2. The van der Waals surface area contributed by atoms with E-state index >= 15 is 0 Å². The van der Waals surface area contributed by atoms with Gasteiger partial charge in [-0.15, -0.1) is 0 Å². The summed E-state index contributed by atoms with van der Waals surface area (Å²) in [5.41, 5.74) is 2.45. The van der Waals surface area contributed by atoms with Crippen LogP contribution in [0.4, 0.5) is 0 Å². The lowest BCUT2D eigenvalue weighted by Crippen LogP contribution is -2.09. The van der Waals surface area contributed by atoms with E-state index in [1.807, 2.05) is 36.7 Å². The largest absolute Gasteiger partial charge is 0.496 e. The van der Waals surface area contributed by atoms with Gasteiger partial charge in [-0.05, 0) is 47.5 Å². The number of nitrogens with zero attached hydrogens (tertiary/aromatic N) is 2. The molecule has 2 aromatic rings. The van der Waals surface area contributed by atoms with Crippen LogP contribution in [0.15, 0.2) is 22.7 Å². The van der Waals surface area contributed by atoms with Crippen molar-refractivity contribution in [1.29, 1.82) is 0 Å². The van der Waals surface area contributed by atoms with Crippen molar-refractivity contribution in [1.82, 2.24) is 9.78 Å². The molecule has 2 rings (SSSR count). The number of ether oxygens (including phenoxy) is 1. The number of aromatic nitrogens is 2. The molecule has 0 radical (unpaired) electrons. The molecule has 0 aliphatic heterocycles. The Hall–Kier alpha value is -1.04. The van der Waals surface area contributed by atoms with Crippen LogP contribution in [-0.4, -0.2) is 22.0 Å². The second-order valence-electron chi connectivity index (χ2n) is 4.78. The van der Waals surface area contributed by atoms with Gasteiger partial charge < -0.3 is 9.84 Å². The average Bonchev–Trinajstić information content (AvgIpc) is 2.74. The second-order valence-corrected chi connectivity index (χ2v) is 6.01. The van der Waals surface area contributed by atoms with Crippen molar-refractivity contribution in [3.05, 3.63) is 44.6 Å². The monoisotopic (exact) mass is 372 g/mol. The fourth-order valence-corrected chi connectivity index (χ4v) is 3.03. The van der Waals surface area contributed by atoms with Gasteiger partial charge in [-0.25, -0.2) is 0 Å². The Morgan fingerprint density at radius 3 is 2.76 bits per heavy atom. The summed E-state index contributed by atoms with van der Waals surface area (Å²) in [7, 11) is 1.61. The van der Waals surface area contributed by atoms with Crippen molar-refractivity contribution in [3.8, 4) is 5.75 Å². The average molecular weight is 374 g/mol. The molecule has 0 saturated heterocycles. The molecule has 0 aliphatic rings. The van der Waals surface area contributed by atoms with Gasteiger partial charge in [0.05, 0.1) is 34.1 Å². The summed E-state index contributed by atoms with van der Waals surface area (Å²) in [6, 6.07) is 5.53. The van der Waals surface area contributed by atoms with E-state index in [-0.39, 0.29) is 0 Å². The molecule has 0 amide bonds. The topological polar surface area (TPSA) is 47.3 Å². The zero-order valence-corrected chi connectivity index (χ0v) is 14.6. The Morgan fingerprint density at radius 2 is 2.19 bits per heavy atom. The SMILES string of the molecule is CCn1nc(C)c(Cl)c1CC(O)c1ccc(OC)c(Br)c1. The predicted octanol–water partition coefficient (Wildman–Crippen LogP) is 3.91. The summed E-state index contributed by atoms with van der Waals surface area (Å²) in [5.74, 6) is 0.735. The predicted molar refractivity (Wildman–Crippen MR) is 87.0 cm³/mol. The Bertz CT molecular complexity index is 643. The molecule has 1 unspecified atom stereocenters. The van der Waals surface area contributed by atoms with E-state index in [2.05, 4.69) is 21.0 Å². The number of methoxy groups -OCH3 is 1. The van der Waals surface area contributed by atoms with Crippen molar-refractivity contribution >= 4 is 27.5 Å². The molecule has 0 aliphatic carbocycles. The molecule has 4 nitrogen and oxygen atoms in total. The van der Waals surface area contributed by atoms with Crippen molar-refractivity contribution in [2.24, 2.45) is 0 Å². The number of aliphatic hydroxyl groups excluding tert-OH is 1. The molecule has 0 spiro atoms. The van der Waals surface area contributed by atoms with E-state index in [4.69, 9.17) is 16.3 Å². The maximum absolute atomic E-state index is 10.5. The Morgan fingerprint density at radius 1 is 1.48 bits per heavy atom. The van der Waals surface area contributed by atoms with E-state index < -0.39 is 6.10 Å². The first-order valence-corrected chi connectivity index (χ1v) is 7.88. The van der Waals surface area contributed by atoms with Gasteiger partial charge in [0.1, 0.15) is 5.75 Å². The summed E-state index contributed by atoms with van der Waals surface area (Å²) in [5, 5.41) is 15.4. The number of hydrogen-bond acceptors (Lipinski definition) is 3. The Kier molecular flexibility index (Phi) is 5.30. The molecule has 0 saturated carbocycles. The summed E-state index contributed by atoms with van der Waals surface area (Å²) < 4.78 is 7.84. The van der Waals surface area contributed by atoms with Gasteiger partial charge in [0.2, 0.25) is 0 Å². The fourth-order valence-electron chi connectivity index (χ4n) is 2.25. The van der Waals surface area contributed by atoms with Crippen molar-refractivity contribution < 1.29 is 9.84 Å². The number of aryl methyl sites for hydroxylation is 2. The third-order valence-corrected chi connectivity index (χ3v) is 4.51. The van der Waals surface area contributed by atoms with E-state index in [1.165, 1.54) is 0 Å². The highest BCUT2D eigenvalue weighted by molar-refractivity contribution is 9.10. The minimum absolute atomic E-state index is 0.423. The number of benzene rings is 1. The highest BCUT2D eigenvalue weighted by Gasteiger charge is 2.18. The zero-order chi connectivity index (χ0) is 15.6. The number of aliphatic hydroxyl groups is 1. The van der Waals surface area contributed by atoms with Crippen LogP contribution in [-0.2, 0) is 13.0 Å². The van der Waals surface area contributed by atoms with Gasteiger partial charge in [0, 0.05) is 13.0 Å². The number of halogens is 2. The van der Waals surface area contributed by atoms with E-state index in [1.54, 1.807) is 7.11 Å². The minimum atomic E-state index is -0.647. The molecule has 114 valence electrons. The normalized spacial score (nSPS) is 12.5. The van der Waals surface area contributed by atoms with E-state index in [0.29, 0.717) is 11.4 Å². The van der Waals surface area contributed by atoms with Crippen LogP contribution in [0, 0.1) is 6.92 Å². The molecular weight excluding hydrogens is 356 g/mol. The lowest BCUT2D eigenvalue weighted by atomic mass is 10.0. The van der Waals surface area contributed by atoms with Crippen LogP contribution in [0.3, 0.4) is 0 Å². The van der Waals surface area contributed by atoms with Crippen LogP contribution in [0.2, 0.25) is 5.02 Å². The van der Waals surface area contributed by atoms with Gasteiger partial charge in [-0.2, -0.15) is 5.10 Å². The van der Waals surface area contributed by atoms with Crippen molar-refractivity contribution in [2.45, 2.75) is 32.9 Å². The van der Waals surface area contributed by atoms with Crippen LogP contribution in [0.25, 0.3) is 0 Å². The van der Waals surface area contributed by atoms with Crippen LogP contribution >= 0.6 is 27.5 Å². The third-order valence-electron chi connectivity index (χ3n) is 3.40. The van der Waals surface area contributed by atoms with Gasteiger partial charge in [-0.1, -0.05) is 17.7 Å². The standard InChI is InChI=1S/C15H18BrClN2O2/c1-4-19-12(15(17)9(2)18-19)8-13(20)10-5-6-14(21-3)11(16)7-10/h5-7,13,20H,4,8H2,1-3H3. The molecule has 1 aromatic carbocycles. The molecule has 1 aromatic heterocycles. The maximum Gasteiger partial charge on any atom is 0.133 e. The first-order valence-electron chi connectivity index (χ1n) is 6.71. The summed E-state index contributed by atoms with van der Waals surface area (Å²) in [6.45, 7) is 4.60. The smallest absolute Gasteiger partial charge is 0.133 e. The van der Waals surface area contributed by atoms with Crippen molar-refractivity contribution in [3.63, 3.8) is 0 Å². The van der Waals surface area contributed by atoms with Gasteiger partial charge in [0.25, 0.3) is 0 Å². The lowest BCUT2D eigenvalue weighted by molar-refractivity contribution is 0.175. The van der Waals surface area contributed by atoms with Crippen molar-refractivity contribution in [2.75, 3.05) is 7.11 Å². The second kappa shape index (κ2) is 6.81. The number of rotatable bonds is 5. The quantitative estimate of drug-likeness (QED) is 0.864. The van der Waals surface area contributed by atoms with Gasteiger partial charge in [0.15, 0.2) is 0 Å². The first kappa shape index (κ1) is 16.3. The van der Waals surface area contributed by atoms with Crippen LogP contribution < -0.4 is 4.74 Å². The molecule has 0 fully saturated rings. The molecule has 0 bridgehead atoms.